The maximum absolute atomic E-state index is 12.4. The third kappa shape index (κ3) is 6.51. The van der Waals surface area contributed by atoms with Gasteiger partial charge in [-0.2, -0.15) is 0 Å². The molecule has 1 aromatic carbocycles. The summed E-state index contributed by atoms with van der Waals surface area (Å²) in [6, 6.07) is 11.2. The van der Waals surface area contributed by atoms with Crippen LogP contribution in [0.15, 0.2) is 57.0 Å². The number of nitrogens with zero attached hydrogens (tertiary/aromatic N) is 1. The predicted octanol–water partition coefficient (Wildman–Crippen LogP) is 4.07. The van der Waals surface area contributed by atoms with Gasteiger partial charge in [0.2, 0.25) is 0 Å². The molecule has 1 amide bonds. The zero-order valence-electron chi connectivity index (χ0n) is 14.0. The van der Waals surface area contributed by atoms with Gasteiger partial charge in [-0.05, 0) is 50.2 Å². The zero-order chi connectivity index (χ0) is 18.2. The van der Waals surface area contributed by atoms with Crippen LogP contribution in [0, 0.1) is 0 Å². The fraction of sp³-hybridized carbons (Fsp3) is 0.278. The molecule has 0 fully saturated rings. The highest BCUT2D eigenvalue weighted by molar-refractivity contribution is 9.10. The molecule has 1 N–H and O–H groups in total. The van der Waals surface area contributed by atoms with E-state index in [4.69, 9.17) is 4.74 Å². The standard InChI is InChI=1S/C18H19BrN2O3S/c1-12(2)24-16(22)9-11-20-17(23)15-4-3-10-21-18(15)25-14-7-5-13(19)6-8-14/h3-8,10,12H,9,11H2,1-2H3,(H,20,23). The Labute approximate surface area is 159 Å². The summed E-state index contributed by atoms with van der Waals surface area (Å²) in [7, 11) is 0. The number of ether oxygens (including phenoxy) is 1. The van der Waals surface area contributed by atoms with Crippen molar-refractivity contribution in [2.24, 2.45) is 0 Å². The van der Waals surface area contributed by atoms with Crippen LogP contribution in [-0.2, 0) is 9.53 Å². The monoisotopic (exact) mass is 422 g/mol. The summed E-state index contributed by atoms with van der Waals surface area (Å²) in [5.41, 5.74) is 0.479. The number of rotatable bonds is 7. The van der Waals surface area contributed by atoms with Gasteiger partial charge in [-0.3, -0.25) is 9.59 Å². The van der Waals surface area contributed by atoms with Crippen LogP contribution in [0.5, 0.6) is 0 Å². The lowest BCUT2D eigenvalue weighted by Gasteiger charge is -2.10. The number of aromatic nitrogens is 1. The van der Waals surface area contributed by atoms with Gasteiger partial charge in [0.05, 0.1) is 18.1 Å². The fourth-order valence-corrected chi connectivity index (χ4v) is 3.10. The second-order valence-electron chi connectivity index (χ2n) is 5.46. The first kappa shape index (κ1) is 19.5. The minimum absolute atomic E-state index is 0.138. The van der Waals surface area contributed by atoms with E-state index >= 15 is 0 Å². The van der Waals surface area contributed by atoms with Crippen molar-refractivity contribution in [1.29, 1.82) is 0 Å². The summed E-state index contributed by atoms with van der Waals surface area (Å²) >= 11 is 4.81. The molecule has 0 bridgehead atoms. The summed E-state index contributed by atoms with van der Waals surface area (Å²) < 4.78 is 6.03. The molecule has 1 heterocycles. The van der Waals surface area contributed by atoms with Gasteiger partial charge in [-0.1, -0.05) is 27.7 Å². The Balaban J connectivity index is 1.98. The third-order valence-electron chi connectivity index (χ3n) is 3.03. The number of amides is 1. The summed E-state index contributed by atoms with van der Waals surface area (Å²) in [4.78, 5) is 29.2. The van der Waals surface area contributed by atoms with Crippen LogP contribution in [0.25, 0.3) is 0 Å². The van der Waals surface area contributed by atoms with E-state index in [-0.39, 0.29) is 30.9 Å². The highest BCUT2D eigenvalue weighted by Gasteiger charge is 2.14. The normalized spacial score (nSPS) is 10.6. The van der Waals surface area contributed by atoms with Gasteiger partial charge in [0.1, 0.15) is 5.03 Å². The van der Waals surface area contributed by atoms with E-state index in [1.165, 1.54) is 11.8 Å². The molecule has 0 atom stereocenters. The molecule has 0 aliphatic rings. The van der Waals surface area contributed by atoms with Crippen LogP contribution in [0.1, 0.15) is 30.6 Å². The van der Waals surface area contributed by atoms with E-state index in [9.17, 15) is 9.59 Å². The van der Waals surface area contributed by atoms with E-state index in [0.29, 0.717) is 10.6 Å². The average molecular weight is 423 g/mol. The number of benzene rings is 1. The Hall–Kier alpha value is -1.86. The molecular formula is C18H19BrN2O3S. The number of carbonyl (C=O) groups is 2. The van der Waals surface area contributed by atoms with Gasteiger partial charge in [0.25, 0.3) is 5.91 Å². The van der Waals surface area contributed by atoms with E-state index in [1.807, 2.05) is 24.3 Å². The molecule has 0 saturated heterocycles. The van der Waals surface area contributed by atoms with Crippen LogP contribution in [-0.4, -0.2) is 29.5 Å². The molecule has 0 spiro atoms. The topological polar surface area (TPSA) is 68.3 Å². The number of halogens is 1. The van der Waals surface area contributed by atoms with Crippen LogP contribution >= 0.6 is 27.7 Å². The van der Waals surface area contributed by atoms with Gasteiger partial charge >= 0.3 is 5.97 Å². The van der Waals surface area contributed by atoms with Crippen molar-refractivity contribution in [2.75, 3.05) is 6.54 Å². The highest BCUT2D eigenvalue weighted by Crippen LogP contribution is 2.29. The number of hydrogen-bond acceptors (Lipinski definition) is 5. The largest absolute Gasteiger partial charge is 0.463 e. The van der Waals surface area contributed by atoms with Crippen molar-refractivity contribution < 1.29 is 14.3 Å². The lowest BCUT2D eigenvalue weighted by Crippen LogP contribution is -2.27. The lowest BCUT2D eigenvalue weighted by atomic mass is 10.2. The molecular weight excluding hydrogens is 404 g/mol. The fourth-order valence-electron chi connectivity index (χ4n) is 1.95. The Kier molecular flexibility index (Phi) is 7.46. The van der Waals surface area contributed by atoms with Crippen molar-refractivity contribution in [1.82, 2.24) is 10.3 Å². The quantitative estimate of drug-likeness (QED) is 0.681. The molecule has 25 heavy (non-hydrogen) atoms. The van der Waals surface area contributed by atoms with Gasteiger partial charge in [-0.25, -0.2) is 4.98 Å². The molecule has 5 nitrogen and oxygen atoms in total. The second-order valence-corrected chi connectivity index (χ2v) is 7.43. The molecule has 7 heteroatoms. The smallest absolute Gasteiger partial charge is 0.307 e. The van der Waals surface area contributed by atoms with E-state index in [2.05, 4.69) is 26.2 Å². The van der Waals surface area contributed by atoms with Gasteiger partial charge in [0, 0.05) is 22.1 Å². The van der Waals surface area contributed by atoms with Crippen LogP contribution < -0.4 is 5.32 Å². The Morgan fingerprint density at radius 2 is 1.96 bits per heavy atom. The molecule has 132 valence electrons. The first-order valence-electron chi connectivity index (χ1n) is 7.82. The maximum atomic E-state index is 12.4. The van der Waals surface area contributed by atoms with Crippen LogP contribution in [0.2, 0.25) is 0 Å². The molecule has 2 aromatic rings. The Bertz CT molecular complexity index is 735. The van der Waals surface area contributed by atoms with Crippen molar-refractivity contribution in [3.63, 3.8) is 0 Å². The predicted molar refractivity (Wildman–Crippen MR) is 101 cm³/mol. The van der Waals surface area contributed by atoms with Gasteiger partial charge in [0.15, 0.2) is 0 Å². The van der Waals surface area contributed by atoms with E-state index in [1.54, 1.807) is 32.2 Å². The van der Waals surface area contributed by atoms with E-state index < -0.39 is 0 Å². The van der Waals surface area contributed by atoms with Crippen molar-refractivity contribution in [2.45, 2.75) is 36.3 Å². The lowest BCUT2D eigenvalue weighted by molar-refractivity contribution is -0.147. The van der Waals surface area contributed by atoms with E-state index in [0.717, 1.165) is 9.37 Å². The molecule has 0 aliphatic carbocycles. The summed E-state index contributed by atoms with van der Waals surface area (Å²) in [6.45, 7) is 3.80. The maximum Gasteiger partial charge on any atom is 0.307 e. The number of carbonyl (C=O) groups excluding carboxylic acids is 2. The van der Waals surface area contributed by atoms with Crippen LogP contribution in [0.3, 0.4) is 0 Å². The Morgan fingerprint density at radius 3 is 2.64 bits per heavy atom. The molecule has 0 unspecified atom stereocenters. The first-order valence-corrected chi connectivity index (χ1v) is 9.43. The Morgan fingerprint density at radius 1 is 1.24 bits per heavy atom. The minimum atomic E-state index is -0.328. The molecule has 0 saturated carbocycles. The van der Waals surface area contributed by atoms with Crippen LogP contribution in [0.4, 0.5) is 0 Å². The number of hydrogen-bond donors (Lipinski definition) is 1. The van der Waals surface area contributed by atoms with Crippen molar-refractivity contribution >= 4 is 39.6 Å². The zero-order valence-corrected chi connectivity index (χ0v) is 16.4. The highest BCUT2D eigenvalue weighted by atomic mass is 79.9. The van der Waals surface area contributed by atoms with Gasteiger partial charge < -0.3 is 10.1 Å². The molecule has 0 radical (unpaired) electrons. The minimum Gasteiger partial charge on any atom is -0.463 e. The summed E-state index contributed by atoms with van der Waals surface area (Å²) in [6.07, 6.45) is 1.63. The molecule has 0 aliphatic heterocycles. The second kappa shape index (κ2) is 9.58. The van der Waals surface area contributed by atoms with Gasteiger partial charge in [-0.15, -0.1) is 0 Å². The SMILES string of the molecule is CC(C)OC(=O)CCNC(=O)c1cccnc1Sc1ccc(Br)cc1. The number of pyridine rings is 1. The van der Waals surface area contributed by atoms with Crippen molar-refractivity contribution in [3.8, 4) is 0 Å². The first-order chi connectivity index (χ1) is 12.0. The third-order valence-corrected chi connectivity index (χ3v) is 4.58. The molecule has 1 aromatic heterocycles. The summed E-state index contributed by atoms with van der Waals surface area (Å²) in [5, 5.41) is 3.36. The van der Waals surface area contributed by atoms with Crippen molar-refractivity contribution in [3.05, 3.63) is 52.6 Å². The number of nitrogens with one attached hydrogen (secondary N) is 1. The number of esters is 1. The molecule has 2 rings (SSSR count). The summed E-state index contributed by atoms with van der Waals surface area (Å²) in [5.74, 6) is -0.587. The average Bonchev–Trinajstić information content (AvgIpc) is 2.56.